The van der Waals surface area contributed by atoms with Gasteiger partial charge in [0.25, 0.3) is 0 Å². The predicted octanol–water partition coefficient (Wildman–Crippen LogP) is 4.85. The molecule has 1 heterocycles. The van der Waals surface area contributed by atoms with E-state index in [1.54, 1.807) is 29.5 Å². The van der Waals surface area contributed by atoms with E-state index in [4.69, 9.17) is 27.9 Å². The highest BCUT2D eigenvalue weighted by Gasteiger charge is 2.04. The van der Waals surface area contributed by atoms with Crippen LogP contribution in [0.25, 0.3) is 0 Å². The number of thiazole rings is 1. The Morgan fingerprint density at radius 2 is 2.16 bits per heavy atom. The van der Waals surface area contributed by atoms with Crippen molar-refractivity contribution in [3.8, 4) is 5.75 Å². The highest BCUT2D eigenvalue weighted by molar-refractivity contribution is 7.15. The van der Waals surface area contributed by atoms with Crippen LogP contribution in [0.1, 0.15) is 18.2 Å². The number of ether oxygens (including phenoxy) is 1. The van der Waals surface area contributed by atoms with Crippen molar-refractivity contribution in [2.24, 2.45) is 0 Å². The molecule has 2 rings (SSSR count). The fourth-order valence-electron chi connectivity index (χ4n) is 1.41. The van der Waals surface area contributed by atoms with E-state index in [1.165, 1.54) is 0 Å². The molecule has 102 valence electrons. The highest BCUT2D eigenvalue weighted by atomic mass is 35.5. The van der Waals surface area contributed by atoms with Gasteiger partial charge in [-0.3, -0.25) is 0 Å². The highest BCUT2D eigenvalue weighted by Crippen LogP contribution is 2.27. The molecule has 0 spiro atoms. The maximum absolute atomic E-state index is 5.93. The van der Waals surface area contributed by atoms with E-state index in [1.807, 2.05) is 6.20 Å². The lowest BCUT2D eigenvalue weighted by atomic mass is 10.3. The molecule has 0 aliphatic carbocycles. The number of aromatic nitrogens is 1. The van der Waals surface area contributed by atoms with Crippen molar-refractivity contribution in [1.82, 2.24) is 4.98 Å². The molecule has 3 nitrogen and oxygen atoms in total. The first kappa shape index (κ1) is 14.4. The van der Waals surface area contributed by atoms with E-state index < -0.39 is 0 Å². The monoisotopic (exact) mass is 316 g/mol. The number of nitrogens with zero attached hydrogens (tertiary/aromatic N) is 1. The second kappa shape index (κ2) is 6.98. The van der Waals surface area contributed by atoms with Gasteiger partial charge in [0, 0.05) is 18.8 Å². The Morgan fingerprint density at radius 1 is 1.32 bits per heavy atom. The van der Waals surface area contributed by atoms with E-state index in [-0.39, 0.29) is 0 Å². The summed E-state index contributed by atoms with van der Waals surface area (Å²) in [7, 11) is 0. The zero-order chi connectivity index (χ0) is 13.7. The molecule has 0 aliphatic heterocycles. The fourth-order valence-corrected chi connectivity index (χ4v) is 2.45. The summed E-state index contributed by atoms with van der Waals surface area (Å²) in [5.41, 5.74) is 0. The Labute approximate surface area is 126 Å². The van der Waals surface area contributed by atoms with Crippen LogP contribution < -0.4 is 10.1 Å². The van der Waals surface area contributed by atoms with Gasteiger partial charge in [0.2, 0.25) is 0 Å². The van der Waals surface area contributed by atoms with E-state index in [2.05, 4.69) is 17.2 Å². The molecule has 0 bridgehead atoms. The summed E-state index contributed by atoms with van der Waals surface area (Å²) in [6.07, 6.45) is 2.90. The minimum atomic E-state index is 0.476. The minimum Gasteiger partial charge on any atom is -0.488 e. The Kier molecular flexibility index (Phi) is 5.31. The Hall–Kier alpha value is -0.970. The van der Waals surface area contributed by atoms with Gasteiger partial charge in [-0.2, -0.15) is 0 Å². The molecule has 0 amide bonds. The number of nitrogens with one attached hydrogen (secondary N) is 1. The van der Waals surface area contributed by atoms with Gasteiger partial charge < -0.3 is 10.1 Å². The molecular formula is C13H14Cl2N2OS. The Morgan fingerprint density at radius 3 is 2.89 bits per heavy atom. The lowest BCUT2D eigenvalue weighted by Gasteiger charge is -2.05. The minimum absolute atomic E-state index is 0.476. The third-order valence-electron chi connectivity index (χ3n) is 2.35. The van der Waals surface area contributed by atoms with E-state index in [0.29, 0.717) is 22.4 Å². The Bertz CT molecular complexity index is 545. The predicted molar refractivity (Wildman–Crippen MR) is 81.7 cm³/mol. The molecule has 0 fully saturated rings. The van der Waals surface area contributed by atoms with Crippen LogP contribution >= 0.6 is 34.5 Å². The van der Waals surface area contributed by atoms with Crippen LogP contribution in [-0.2, 0) is 6.61 Å². The summed E-state index contributed by atoms with van der Waals surface area (Å²) in [5, 5.41) is 5.19. The summed E-state index contributed by atoms with van der Waals surface area (Å²) in [4.78, 5) is 5.34. The van der Waals surface area contributed by atoms with Crippen molar-refractivity contribution < 1.29 is 4.74 Å². The topological polar surface area (TPSA) is 34.2 Å². The standard InChI is InChI=1S/C13H14Cl2N2OS/c1-2-5-16-13-17-7-10(19-13)8-18-9-3-4-11(14)12(15)6-9/h3-4,6-7H,2,5,8H2,1H3,(H,16,17). The quantitative estimate of drug-likeness (QED) is 0.827. The second-order valence-corrected chi connectivity index (χ2v) is 5.85. The van der Waals surface area contributed by atoms with E-state index in [9.17, 15) is 0 Å². The molecule has 19 heavy (non-hydrogen) atoms. The van der Waals surface area contributed by atoms with Crippen molar-refractivity contribution in [3.05, 3.63) is 39.3 Å². The van der Waals surface area contributed by atoms with Crippen molar-refractivity contribution >= 4 is 39.7 Å². The first-order valence-corrected chi connectivity index (χ1v) is 7.52. The summed E-state index contributed by atoms with van der Waals surface area (Å²) in [6.45, 7) is 3.53. The van der Waals surface area contributed by atoms with Crippen LogP contribution in [0.15, 0.2) is 24.4 Å². The SMILES string of the molecule is CCCNc1ncc(COc2ccc(Cl)c(Cl)c2)s1. The van der Waals surface area contributed by atoms with Gasteiger partial charge in [0.15, 0.2) is 5.13 Å². The molecule has 0 atom stereocenters. The van der Waals surface area contributed by atoms with Crippen LogP contribution in [0.3, 0.4) is 0 Å². The van der Waals surface area contributed by atoms with Crippen LogP contribution in [-0.4, -0.2) is 11.5 Å². The van der Waals surface area contributed by atoms with Gasteiger partial charge in [-0.1, -0.05) is 41.5 Å². The lowest BCUT2D eigenvalue weighted by molar-refractivity contribution is 0.309. The molecule has 1 aromatic carbocycles. The maximum Gasteiger partial charge on any atom is 0.182 e. The van der Waals surface area contributed by atoms with Crippen LogP contribution in [0.5, 0.6) is 5.75 Å². The number of hydrogen-bond acceptors (Lipinski definition) is 4. The third-order valence-corrected chi connectivity index (χ3v) is 4.02. The average Bonchev–Trinajstić information content (AvgIpc) is 2.86. The molecule has 0 radical (unpaired) electrons. The smallest absolute Gasteiger partial charge is 0.182 e. The first-order valence-electron chi connectivity index (χ1n) is 5.95. The Balaban J connectivity index is 1.91. The van der Waals surface area contributed by atoms with Gasteiger partial charge >= 0.3 is 0 Å². The van der Waals surface area contributed by atoms with Crippen molar-refractivity contribution in [3.63, 3.8) is 0 Å². The molecule has 2 aromatic rings. The van der Waals surface area contributed by atoms with Crippen molar-refractivity contribution in [2.75, 3.05) is 11.9 Å². The van der Waals surface area contributed by atoms with Crippen molar-refractivity contribution in [1.29, 1.82) is 0 Å². The first-order chi connectivity index (χ1) is 9.19. The van der Waals surface area contributed by atoms with Gasteiger partial charge in [-0.15, -0.1) is 0 Å². The van der Waals surface area contributed by atoms with Crippen LogP contribution in [0.2, 0.25) is 10.0 Å². The second-order valence-electron chi connectivity index (χ2n) is 3.92. The number of anilines is 1. The zero-order valence-electron chi connectivity index (χ0n) is 10.5. The summed E-state index contributed by atoms with van der Waals surface area (Å²) >= 11 is 13.4. The van der Waals surface area contributed by atoms with Gasteiger partial charge in [0.05, 0.1) is 14.9 Å². The average molecular weight is 317 g/mol. The van der Waals surface area contributed by atoms with Gasteiger partial charge in [-0.25, -0.2) is 4.98 Å². The summed E-state index contributed by atoms with van der Waals surface area (Å²) < 4.78 is 5.65. The molecule has 6 heteroatoms. The van der Waals surface area contributed by atoms with E-state index in [0.717, 1.165) is 23.0 Å². The van der Waals surface area contributed by atoms with E-state index >= 15 is 0 Å². The molecule has 1 aromatic heterocycles. The molecule has 1 N–H and O–H groups in total. The van der Waals surface area contributed by atoms with Crippen LogP contribution in [0, 0.1) is 0 Å². The summed E-state index contributed by atoms with van der Waals surface area (Å²) in [5.74, 6) is 0.700. The molecule has 0 unspecified atom stereocenters. The number of benzene rings is 1. The lowest BCUT2D eigenvalue weighted by Crippen LogP contribution is -1.97. The van der Waals surface area contributed by atoms with Gasteiger partial charge in [-0.05, 0) is 18.6 Å². The number of hydrogen-bond donors (Lipinski definition) is 1. The largest absolute Gasteiger partial charge is 0.488 e. The normalized spacial score (nSPS) is 10.5. The third kappa shape index (κ3) is 4.27. The molecule has 0 aliphatic rings. The fraction of sp³-hybridized carbons (Fsp3) is 0.308. The molecule has 0 saturated heterocycles. The zero-order valence-corrected chi connectivity index (χ0v) is 12.8. The maximum atomic E-state index is 5.93. The van der Waals surface area contributed by atoms with Crippen LogP contribution in [0.4, 0.5) is 5.13 Å². The molecule has 0 saturated carbocycles. The van der Waals surface area contributed by atoms with Gasteiger partial charge in [0.1, 0.15) is 12.4 Å². The number of rotatable bonds is 6. The molecular weight excluding hydrogens is 303 g/mol. The van der Waals surface area contributed by atoms with Crippen molar-refractivity contribution in [2.45, 2.75) is 20.0 Å². The summed E-state index contributed by atoms with van der Waals surface area (Å²) in [6, 6.07) is 5.23. The number of halogens is 2.